The third-order valence-corrected chi connectivity index (χ3v) is 3.81. The molecule has 2 rings (SSSR count). The number of esters is 1. The molecule has 0 aromatic heterocycles. The van der Waals surface area contributed by atoms with Crippen molar-refractivity contribution in [3.8, 4) is 0 Å². The van der Waals surface area contributed by atoms with Gasteiger partial charge < -0.3 is 19.5 Å². The van der Waals surface area contributed by atoms with Crippen LogP contribution in [0.15, 0.2) is 42.6 Å². The van der Waals surface area contributed by atoms with Crippen LogP contribution in [0.25, 0.3) is 0 Å². The number of hydrogen-bond acceptors (Lipinski definition) is 5. The average molecular weight is 347 g/mol. The van der Waals surface area contributed by atoms with Crippen molar-refractivity contribution in [3.63, 3.8) is 0 Å². The Morgan fingerprint density at radius 3 is 2.60 bits per heavy atom. The van der Waals surface area contributed by atoms with Crippen molar-refractivity contribution < 1.29 is 23.8 Å². The molecule has 1 aromatic carbocycles. The molecule has 0 saturated carbocycles. The van der Waals surface area contributed by atoms with E-state index in [0.29, 0.717) is 6.61 Å². The fourth-order valence-electron chi connectivity index (χ4n) is 2.37. The Morgan fingerprint density at radius 1 is 1.24 bits per heavy atom. The minimum Gasteiger partial charge on any atom is -0.458 e. The zero-order valence-corrected chi connectivity index (χ0v) is 15.1. The summed E-state index contributed by atoms with van der Waals surface area (Å²) in [5.41, 5.74) is 0.425. The van der Waals surface area contributed by atoms with Gasteiger partial charge in [0.2, 0.25) is 0 Å². The lowest BCUT2D eigenvalue weighted by atomic mass is 9.85. The molecule has 1 atom stereocenters. The van der Waals surface area contributed by atoms with Gasteiger partial charge in [-0.15, -0.1) is 0 Å². The van der Waals surface area contributed by atoms with Gasteiger partial charge in [0.15, 0.2) is 5.79 Å². The molecular formula is C19H25NO5. The summed E-state index contributed by atoms with van der Waals surface area (Å²) in [6.07, 6.45) is 1.77. The Morgan fingerprint density at radius 2 is 1.92 bits per heavy atom. The lowest BCUT2D eigenvalue weighted by Gasteiger charge is -2.44. The van der Waals surface area contributed by atoms with Gasteiger partial charge in [-0.05, 0) is 19.4 Å². The Balaban J connectivity index is 1.83. The molecule has 0 unspecified atom stereocenters. The third kappa shape index (κ3) is 5.69. The average Bonchev–Trinajstić information content (AvgIpc) is 2.56. The van der Waals surface area contributed by atoms with E-state index in [4.69, 9.17) is 14.2 Å². The van der Waals surface area contributed by atoms with Crippen LogP contribution in [0.5, 0.6) is 0 Å². The lowest BCUT2D eigenvalue weighted by molar-refractivity contribution is -0.303. The number of benzene rings is 1. The van der Waals surface area contributed by atoms with E-state index in [0.717, 1.165) is 5.56 Å². The van der Waals surface area contributed by atoms with Crippen LogP contribution in [0.3, 0.4) is 0 Å². The predicted octanol–water partition coefficient (Wildman–Crippen LogP) is 2.54. The molecule has 136 valence electrons. The standard InChI is InChI=1S/C19H25NO5/c1-18(2)13-24-19(3,4)25-16(18)17(22)20-11-10-15(21)23-12-14-8-6-5-7-9-14/h5-11,16H,12-13H2,1-4H3,(H,20,22)/b11-10+/t16-/m0/s1. The number of amides is 1. The Labute approximate surface area is 148 Å². The molecule has 1 fully saturated rings. The molecule has 0 radical (unpaired) electrons. The van der Waals surface area contributed by atoms with Crippen molar-refractivity contribution in [2.24, 2.45) is 5.41 Å². The number of hydrogen-bond donors (Lipinski definition) is 1. The Bertz CT molecular complexity index is 636. The molecule has 1 saturated heterocycles. The van der Waals surface area contributed by atoms with Crippen molar-refractivity contribution in [3.05, 3.63) is 48.2 Å². The number of carbonyl (C=O) groups is 2. The smallest absolute Gasteiger partial charge is 0.332 e. The summed E-state index contributed by atoms with van der Waals surface area (Å²) in [6, 6.07) is 9.37. The molecule has 6 nitrogen and oxygen atoms in total. The number of ether oxygens (including phenoxy) is 3. The van der Waals surface area contributed by atoms with Crippen molar-refractivity contribution in [1.82, 2.24) is 5.32 Å². The maximum Gasteiger partial charge on any atom is 0.332 e. The normalized spacial score (nSPS) is 21.7. The molecule has 1 aliphatic rings. The molecule has 1 aliphatic heterocycles. The zero-order valence-electron chi connectivity index (χ0n) is 15.1. The maximum absolute atomic E-state index is 12.4. The summed E-state index contributed by atoms with van der Waals surface area (Å²) in [6.45, 7) is 7.90. The van der Waals surface area contributed by atoms with Gasteiger partial charge in [-0.1, -0.05) is 44.2 Å². The van der Waals surface area contributed by atoms with Gasteiger partial charge in [0.05, 0.1) is 6.61 Å². The molecule has 0 spiro atoms. The minimum atomic E-state index is -0.824. The first-order valence-electron chi connectivity index (χ1n) is 8.19. The highest BCUT2D eigenvalue weighted by Gasteiger charge is 2.45. The number of rotatable bonds is 5. The first-order valence-corrected chi connectivity index (χ1v) is 8.19. The first kappa shape index (κ1) is 19.1. The second-order valence-corrected chi connectivity index (χ2v) is 7.11. The fourth-order valence-corrected chi connectivity index (χ4v) is 2.37. The van der Waals surface area contributed by atoms with Crippen molar-refractivity contribution in [1.29, 1.82) is 0 Å². The van der Waals surface area contributed by atoms with Crippen LogP contribution in [0.2, 0.25) is 0 Å². The minimum absolute atomic E-state index is 0.183. The summed E-state index contributed by atoms with van der Waals surface area (Å²) in [4.78, 5) is 24.1. The van der Waals surface area contributed by atoms with E-state index in [1.165, 1.54) is 12.3 Å². The highest BCUT2D eigenvalue weighted by atomic mass is 16.7. The van der Waals surface area contributed by atoms with Crippen LogP contribution in [0, 0.1) is 5.41 Å². The van der Waals surface area contributed by atoms with E-state index in [9.17, 15) is 9.59 Å². The van der Waals surface area contributed by atoms with Gasteiger partial charge in [-0.3, -0.25) is 4.79 Å². The van der Waals surface area contributed by atoms with E-state index in [1.54, 1.807) is 13.8 Å². The first-order chi connectivity index (χ1) is 11.7. The molecular weight excluding hydrogens is 322 g/mol. The van der Waals surface area contributed by atoms with Crippen LogP contribution in [-0.2, 0) is 30.4 Å². The molecule has 25 heavy (non-hydrogen) atoms. The van der Waals surface area contributed by atoms with Crippen LogP contribution < -0.4 is 5.32 Å². The van der Waals surface area contributed by atoms with Gasteiger partial charge in [0.25, 0.3) is 5.91 Å². The van der Waals surface area contributed by atoms with E-state index < -0.39 is 23.3 Å². The van der Waals surface area contributed by atoms with E-state index >= 15 is 0 Å². The maximum atomic E-state index is 12.4. The van der Waals surface area contributed by atoms with E-state index in [2.05, 4.69) is 5.32 Å². The molecule has 1 amide bonds. The highest BCUT2D eigenvalue weighted by Crippen LogP contribution is 2.34. The summed E-state index contributed by atoms with van der Waals surface area (Å²) in [5, 5.41) is 2.57. The summed E-state index contributed by atoms with van der Waals surface area (Å²) >= 11 is 0. The van der Waals surface area contributed by atoms with Gasteiger partial charge in [-0.2, -0.15) is 0 Å². The molecule has 1 heterocycles. The quantitative estimate of drug-likeness (QED) is 0.654. The SMILES string of the molecule is CC1(C)OCC(C)(C)[C@H](C(=O)N/C=C/C(=O)OCc2ccccc2)O1. The van der Waals surface area contributed by atoms with Gasteiger partial charge in [-0.25, -0.2) is 4.79 Å². The predicted molar refractivity (Wildman–Crippen MR) is 92.2 cm³/mol. The summed E-state index contributed by atoms with van der Waals surface area (Å²) < 4.78 is 16.4. The van der Waals surface area contributed by atoms with Crippen molar-refractivity contribution >= 4 is 11.9 Å². The number of nitrogens with one attached hydrogen (secondary N) is 1. The molecule has 1 aromatic rings. The van der Waals surface area contributed by atoms with Gasteiger partial charge >= 0.3 is 5.97 Å². The second kappa shape index (κ2) is 7.80. The third-order valence-electron chi connectivity index (χ3n) is 3.81. The lowest BCUT2D eigenvalue weighted by Crippen LogP contribution is -2.55. The fraction of sp³-hybridized carbons (Fsp3) is 0.474. The largest absolute Gasteiger partial charge is 0.458 e. The molecule has 1 N–H and O–H groups in total. The molecule has 0 aliphatic carbocycles. The number of carbonyl (C=O) groups excluding carboxylic acids is 2. The monoisotopic (exact) mass is 347 g/mol. The summed E-state index contributed by atoms with van der Waals surface area (Å²) in [7, 11) is 0. The highest BCUT2D eigenvalue weighted by molar-refractivity contribution is 5.85. The van der Waals surface area contributed by atoms with Crippen molar-refractivity contribution in [2.45, 2.75) is 46.2 Å². The molecule has 0 bridgehead atoms. The van der Waals surface area contributed by atoms with E-state index in [1.807, 2.05) is 44.2 Å². The Hall–Kier alpha value is -2.18. The van der Waals surface area contributed by atoms with Crippen LogP contribution in [-0.4, -0.2) is 30.4 Å². The van der Waals surface area contributed by atoms with Gasteiger partial charge in [0.1, 0.15) is 12.7 Å². The van der Waals surface area contributed by atoms with Crippen LogP contribution in [0.4, 0.5) is 0 Å². The van der Waals surface area contributed by atoms with E-state index in [-0.39, 0.29) is 12.5 Å². The Kier molecular flexibility index (Phi) is 5.98. The molecule has 6 heteroatoms. The van der Waals surface area contributed by atoms with Crippen molar-refractivity contribution in [2.75, 3.05) is 6.61 Å². The van der Waals surface area contributed by atoms with Crippen LogP contribution >= 0.6 is 0 Å². The van der Waals surface area contributed by atoms with Crippen LogP contribution in [0.1, 0.15) is 33.3 Å². The topological polar surface area (TPSA) is 73.9 Å². The zero-order chi connectivity index (χ0) is 18.5. The van der Waals surface area contributed by atoms with Gasteiger partial charge in [0, 0.05) is 17.7 Å². The summed E-state index contributed by atoms with van der Waals surface area (Å²) in [5.74, 6) is -1.68. The second-order valence-electron chi connectivity index (χ2n) is 7.11.